The molecule has 2 heterocycles. The fourth-order valence-electron chi connectivity index (χ4n) is 2.34. The van der Waals surface area contributed by atoms with Gasteiger partial charge in [-0.3, -0.25) is 4.79 Å². The average Bonchev–Trinajstić information content (AvgIpc) is 2.47. The van der Waals surface area contributed by atoms with Crippen LogP contribution in [0.15, 0.2) is 6.07 Å². The van der Waals surface area contributed by atoms with Gasteiger partial charge in [-0.05, 0) is 6.07 Å². The van der Waals surface area contributed by atoms with E-state index in [2.05, 4.69) is 5.32 Å². The van der Waals surface area contributed by atoms with Gasteiger partial charge in [0.2, 0.25) is 0 Å². The SMILES string of the molecule is O=Cc1c(Cl)cc(C2CNCCO2)c2c1OCCO2. The molecule has 1 N–H and O–H groups in total. The minimum absolute atomic E-state index is 0.137. The Labute approximate surface area is 115 Å². The summed E-state index contributed by atoms with van der Waals surface area (Å²) in [6.45, 7) is 3.02. The first-order chi connectivity index (χ1) is 9.31. The first-order valence-electron chi connectivity index (χ1n) is 6.20. The highest BCUT2D eigenvalue weighted by molar-refractivity contribution is 6.33. The average molecular weight is 284 g/mol. The fraction of sp³-hybridized carbons (Fsp3) is 0.462. The topological polar surface area (TPSA) is 56.8 Å². The third-order valence-corrected chi connectivity index (χ3v) is 3.53. The molecule has 1 saturated heterocycles. The quantitative estimate of drug-likeness (QED) is 0.835. The van der Waals surface area contributed by atoms with Gasteiger partial charge < -0.3 is 19.5 Å². The zero-order valence-corrected chi connectivity index (χ0v) is 11.0. The second-order valence-corrected chi connectivity index (χ2v) is 4.81. The monoisotopic (exact) mass is 283 g/mol. The van der Waals surface area contributed by atoms with E-state index in [0.717, 1.165) is 12.1 Å². The maximum Gasteiger partial charge on any atom is 0.173 e. The van der Waals surface area contributed by atoms with Crippen molar-refractivity contribution in [2.45, 2.75) is 6.10 Å². The van der Waals surface area contributed by atoms with E-state index >= 15 is 0 Å². The molecule has 1 unspecified atom stereocenters. The Kier molecular flexibility index (Phi) is 3.59. The lowest BCUT2D eigenvalue weighted by atomic mass is 10.0. The number of morpholine rings is 1. The Morgan fingerprint density at radius 1 is 1.26 bits per heavy atom. The van der Waals surface area contributed by atoms with E-state index in [0.29, 0.717) is 54.7 Å². The van der Waals surface area contributed by atoms with Gasteiger partial charge in [0.25, 0.3) is 0 Å². The summed E-state index contributed by atoms with van der Waals surface area (Å²) in [6, 6.07) is 1.73. The van der Waals surface area contributed by atoms with Crippen molar-refractivity contribution in [3.63, 3.8) is 0 Å². The van der Waals surface area contributed by atoms with Crippen LogP contribution in [0.25, 0.3) is 0 Å². The van der Waals surface area contributed by atoms with Gasteiger partial charge in [0.05, 0.1) is 23.3 Å². The Balaban J connectivity index is 2.08. The van der Waals surface area contributed by atoms with Gasteiger partial charge in [0, 0.05) is 18.7 Å². The number of halogens is 1. The lowest BCUT2D eigenvalue weighted by Gasteiger charge is -2.29. The van der Waals surface area contributed by atoms with Crippen molar-refractivity contribution in [2.75, 3.05) is 32.9 Å². The predicted molar refractivity (Wildman–Crippen MR) is 69.4 cm³/mol. The molecule has 1 fully saturated rings. The number of benzene rings is 1. The van der Waals surface area contributed by atoms with Crippen molar-refractivity contribution in [2.24, 2.45) is 0 Å². The summed E-state index contributed by atoms with van der Waals surface area (Å²) in [5, 5.41) is 3.62. The lowest BCUT2D eigenvalue weighted by Crippen LogP contribution is -2.34. The van der Waals surface area contributed by atoms with E-state index in [1.807, 2.05) is 0 Å². The third kappa shape index (κ3) is 2.29. The van der Waals surface area contributed by atoms with Crippen molar-refractivity contribution >= 4 is 17.9 Å². The Bertz CT molecular complexity index is 500. The van der Waals surface area contributed by atoms with E-state index in [4.69, 9.17) is 25.8 Å². The molecular formula is C13H14ClNO4. The number of hydrogen-bond donors (Lipinski definition) is 1. The highest BCUT2D eigenvalue weighted by atomic mass is 35.5. The van der Waals surface area contributed by atoms with Crippen LogP contribution < -0.4 is 14.8 Å². The maximum absolute atomic E-state index is 11.1. The van der Waals surface area contributed by atoms with Crippen LogP contribution in [0.1, 0.15) is 22.0 Å². The smallest absolute Gasteiger partial charge is 0.173 e. The molecule has 0 spiro atoms. The van der Waals surface area contributed by atoms with Gasteiger partial charge in [0.15, 0.2) is 17.8 Å². The molecule has 2 aliphatic rings. The number of carbonyl (C=O) groups is 1. The molecule has 0 radical (unpaired) electrons. The van der Waals surface area contributed by atoms with Gasteiger partial charge in [-0.2, -0.15) is 0 Å². The number of rotatable bonds is 2. The summed E-state index contributed by atoms with van der Waals surface area (Å²) < 4.78 is 16.9. The Morgan fingerprint density at radius 2 is 2.05 bits per heavy atom. The number of nitrogens with one attached hydrogen (secondary N) is 1. The van der Waals surface area contributed by atoms with E-state index in [1.165, 1.54) is 0 Å². The van der Waals surface area contributed by atoms with Crippen molar-refractivity contribution in [3.05, 3.63) is 22.2 Å². The van der Waals surface area contributed by atoms with Gasteiger partial charge in [-0.15, -0.1) is 0 Å². The molecule has 2 aliphatic heterocycles. The second kappa shape index (κ2) is 5.36. The molecule has 1 atom stereocenters. The molecule has 0 aromatic heterocycles. The molecule has 6 heteroatoms. The first-order valence-corrected chi connectivity index (χ1v) is 6.58. The Morgan fingerprint density at radius 3 is 2.74 bits per heavy atom. The molecule has 19 heavy (non-hydrogen) atoms. The normalized spacial score (nSPS) is 22.1. The molecule has 3 rings (SSSR count). The minimum atomic E-state index is -0.137. The van der Waals surface area contributed by atoms with Gasteiger partial charge in [0.1, 0.15) is 13.2 Å². The van der Waals surface area contributed by atoms with Crippen LogP contribution in [0.4, 0.5) is 0 Å². The van der Waals surface area contributed by atoms with Crippen molar-refractivity contribution in [3.8, 4) is 11.5 Å². The summed E-state index contributed by atoms with van der Waals surface area (Å²) in [5.74, 6) is 1.00. The number of fused-ring (bicyclic) bond motifs is 1. The maximum atomic E-state index is 11.1. The zero-order valence-electron chi connectivity index (χ0n) is 10.3. The largest absolute Gasteiger partial charge is 0.486 e. The number of carbonyl (C=O) groups excluding carboxylic acids is 1. The minimum Gasteiger partial charge on any atom is -0.486 e. The highest BCUT2D eigenvalue weighted by Crippen LogP contribution is 2.43. The van der Waals surface area contributed by atoms with Crippen LogP contribution in [0.2, 0.25) is 5.02 Å². The van der Waals surface area contributed by atoms with Crippen molar-refractivity contribution in [1.82, 2.24) is 5.32 Å². The van der Waals surface area contributed by atoms with Crippen LogP contribution in [0.5, 0.6) is 11.5 Å². The molecule has 0 saturated carbocycles. The summed E-state index contributed by atoms with van der Waals surface area (Å²) in [4.78, 5) is 11.1. The highest BCUT2D eigenvalue weighted by Gasteiger charge is 2.28. The summed E-state index contributed by atoms with van der Waals surface area (Å²) in [7, 11) is 0. The molecular weight excluding hydrogens is 270 g/mol. The summed E-state index contributed by atoms with van der Waals surface area (Å²) >= 11 is 6.14. The molecule has 0 amide bonds. The van der Waals surface area contributed by atoms with Crippen LogP contribution in [-0.2, 0) is 4.74 Å². The van der Waals surface area contributed by atoms with Crippen LogP contribution in [-0.4, -0.2) is 39.2 Å². The van der Waals surface area contributed by atoms with Crippen molar-refractivity contribution in [1.29, 1.82) is 0 Å². The molecule has 102 valence electrons. The fourth-order valence-corrected chi connectivity index (χ4v) is 2.58. The molecule has 5 nitrogen and oxygen atoms in total. The standard InChI is InChI=1S/C13H14ClNO4/c14-10-5-8(11-6-15-1-2-17-11)12-13(9(10)7-16)19-4-3-18-12/h5,7,11,15H,1-4,6H2. The first kappa shape index (κ1) is 12.7. The van der Waals surface area contributed by atoms with Crippen molar-refractivity contribution < 1.29 is 19.0 Å². The third-order valence-electron chi connectivity index (χ3n) is 3.22. The van der Waals surface area contributed by atoms with Gasteiger partial charge in [-0.1, -0.05) is 11.6 Å². The molecule has 0 aliphatic carbocycles. The zero-order chi connectivity index (χ0) is 13.2. The second-order valence-electron chi connectivity index (χ2n) is 4.40. The van der Waals surface area contributed by atoms with E-state index in [9.17, 15) is 4.79 Å². The summed E-state index contributed by atoms with van der Waals surface area (Å²) in [5.41, 5.74) is 1.17. The van der Waals surface area contributed by atoms with Crippen LogP contribution in [0.3, 0.4) is 0 Å². The van der Waals surface area contributed by atoms with E-state index in [-0.39, 0.29) is 6.10 Å². The predicted octanol–water partition coefficient (Wildman–Crippen LogP) is 1.58. The van der Waals surface area contributed by atoms with Gasteiger partial charge in [-0.25, -0.2) is 0 Å². The molecule has 1 aromatic carbocycles. The summed E-state index contributed by atoms with van der Waals surface area (Å²) in [6.07, 6.45) is 0.557. The Hall–Kier alpha value is -1.30. The number of ether oxygens (including phenoxy) is 3. The lowest BCUT2D eigenvalue weighted by molar-refractivity contribution is 0.0244. The molecule has 1 aromatic rings. The number of hydrogen-bond acceptors (Lipinski definition) is 5. The van der Waals surface area contributed by atoms with E-state index < -0.39 is 0 Å². The van der Waals surface area contributed by atoms with Crippen LogP contribution >= 0.6 is 11.6 Å². The molecule has 0 bridgehead atoms. The van der Waals surface area contributed by atoms with E-state index in [1.54, 1.807) is 6.07 Å². The van der Waals surface area contributed by atoms with Gasteiger partial charge >= 0.3 is 0 Å². The van der Waals surface area contributed by atoms with Crippen LogP contribution in [0, 0.1) is 0 Å². The number of aldehydes is 1.